The summed E-state index contributed by atoms with van der Waals surface area (Å²) in [4.78, 5) is 11.2. The normalized spacial score (nSPS) is 13.2. The predicted octanol–water partition coefficient (Wildman–Crippen LogP) is 2.18. The van der Waals surface area contributed by atoms with Crippen LogP contribution in [0.5, 0.6) is 0 Å². The van der Waals surface area contributed by atoms with Gasteiger partial charge >= 0.3 is 14.5 Å². The molecule has 0 fully saturated rings. The van der Waals surface area contributed by atoms with Crippen LogP contribution in [0.3, 0.4) is 0 Å². The molecule has 0 saturated carbocycles. The van der Waals surface area contributed by atoms with Gasteiger partial charge in [0.25, 0.3) is 0 Å². The SMILES string of the molecule is C=CC(=O)OC(CC)[Si](CCC)(OC)OC. The van der Waals surface area contributed by atoms with Gasteiger partial charge in [0.1, 0.15) is 5.73 Å². The third-order valence-electron chi connectivity index (χ3n) is 2.58. The van der Waals surface area contributed by atoms with Gasteiger partial charge in [-0.05, 0) is 12.5 Å². The number of carbonyl (C=O) groups is 1. The van der Waals surface area contributed by atoms with Gasteiger partial charge in [0.05, 0.1) is 0 Å². The highest BCUT2D eigenvalue weighted by atomic mass is 28.4. The summed E-state index contributed by atoms with van der Waals surface area (Å²) in [5.74, 6) is -0.422. The van der Waals surface area contributed by atoms with E-state index in [0.29, 0.717) is 6.42 Å². The zero-order valence-electron chi connectivity index (χ0n) is 10.6. The van der Waals surface area contributed by atoms with E-state index in [0.717, 1.165) is 12.5 Å². The van der Waals surface area contributed by atoms with Crippen LogP contribution in [-0.2, 0) is 18.4 Å². The van der Waals surface area contributed by atoms with Crippen molar-refractivity contribution >= 4 is 14.5 Å². The molecule has 0 spiro atoms. The minimum atomic E-state index is -2.44. The van der Waals surface area contributed by atoms with E-state index >= 15 is 0 Å². The first-order valence-electron chi connectivity index (χ1n) is 5.53. The third kappa shape index (κ3) is 3.73. The Kier molecular flexibility index (Phi) is 7.28. The maximum absolute atomic E-state index is 11.2. The number of ether oxygens (including phenoxy) is 1. The summed E-state index contributed by atoms with van der Waals surface area (Å²) in [6, 6.07) is 0.808. The fraction of sp³-hybridized carbons (Fsp3) is 0.727. The average molecular weight is 246 g/mol. The molecule has 16 heavy (non-hydrogen) atoms. The summed E-state index contributed by atoms with van der Waals surface area (Å²) in [7, 11) is 0.799. The summed E-state index contributed by atoms with van der Waals surface area (Å²) in [5.41, 5.74) is -0.284. The van der Waals surface area contributed by atoms with Crippen molar-refractivity contribution in [2.45, 2.75) is 38.5 Å². The number of esters is 1. The first-order chi connectivity index (χ1) is 7.60. The monoisotopic (exact) mass is 246 g/mol. The Morgan fingerprint density at radius 3 is 2.25 bits per heavy atom. The fourth-order valence-corrected chi connectivity index (χ4v) is 4.77. The van der Waals surface area contributed by atoms with Gasteiger partial charge in [-0.2, -0.15) is 0 Å². The van der Waals surface area contributed by atoms with E-state index in [-0.39, 0.29) is 5.73 Å². The molecule has 0 rings (SSSR count). The number of hydrogen-bond donors (Lipinski definition) is 0. The van der Waals surface area contributed by atoms with E-state index in [1.54, 1.807) is 14.2 Å². The second-order valence-corrected chi connectivity index (χ2v) is 7.09. The van der Waals surface area contributed by atoms with Gasteiger partial charge in [-0.15, -0.1) is 0 Å². The standard InChI is InChI=1S/C11H22O4Si/c1-6-9-16(13-4,14-5)11(8-3)15-10(12)7-2/h7,11H,2,6,8-9H2,1,3-5H3. The van der Waals surface area contributed by atoms with Crippen molar-refractivity contribution < 1.29 is 18.4 Å². The van der Waals surface area contributed by atoms with Crippen LogP contribution in [0.15, 0.2) is 12.7 Å². The molecule has 0 aromatic carbocycles. The van der Waals surface area contributed by atoms with Gasteiger partial charge in [-0.1, -0.05) is 26.8 Å². The molecule has 0 aromatic heterocycles. The Morgan fingerprint density at radius 1 is 1.38 bits per heavy atom. The molecule has 0 saturated heterocycles. The van der Waals surface area contributed by atoms with Crippen LogP contribution >= 0.6 is 0 Å². The van der Waals surface area contributed by atoms with Gasteiger partial charge in [0.15, 0.2) is 0 Å². The van der Waals surface area contributed by atoms with Crippen LogP contribution in [0.4, 0.5) is 0 Å². The van der Waals surface area contributed by atoms with Crippen molar-refractivity contribution in [3.05, 3.63) is 12.7 Å². The molecule has 0 radical (unpaired) electrons. The molecule has 1 unspecified atom stereocenters. The first-order valence-corrected chi connectivity index (χ1v) is 7.63. The molecule has 0 amide bonds. The lowest BCUT2D eigenvalue weighted by atomic mass is 10.5. The molecular formula is C11H22O4Si. The molecule has 0 N–H and O–H groups in total. The molecule has 5 heteroatoms. The van der Waals surface area contributed by atoms with Gasteiger partial charge in [0.2, 0.25) is 0 Å². The zero-order valence-corrected chi connectivity index (χ0v) is 11.6. The summed E-state index contributed by atoms with van der Waals surface area (Å²) in [6.07, 6.45) is 2.79. The van der Waals surface area contributed by atoms with Crippen molar-refractivity contribution in [3.63, 3.8) is 0 Å². The lowest BCUT2D eigenvalue weighted by Gasteiger charge is -2.33. The summed E-state index contributed by atoms with van der Waals surface area (Å²) in [6.45, 7) is 7.40. The molecule has 0 aromatic rings. The van der Waals surface area contributed by atoms with Gasteiger partial charge in [-0.25, -0.2) is 4.79 Å². The minimum absolute atomic E-state index is 0.284. The predicted molar refractivity (Wildman–Crippen MR) is 65.2 cm³/mol. The number of carbonyl (C=O) groups excluding carboxylic acids is 1. The quantitative estimate of drug-likeness (QED) is 0.374. The Balaban J connectivity index is 4.81. The molecular weight excluding hydrogens is 224 g/mol. The number of hydrogen-bond acceptors (Lipinski definition) is 4. The summed E-state index contributed by atoms with van der Waals surface area (Å²) in [5, 5.41) is 0. The highest BCUT2D eigenvalue weighted by Crippen LogP contribution is 2.23. The van der Waals surface area contributed by atoms with Crippen LogP contribution in [-0.4, -0.2) is 34.5 Å². The summed E-state index contributed by atoms with van der Waals surface area (Å²) >= 11 is 0. The highest BCUT2D eigenvalue weighted by Gasteiger charge is 2.45. The molecule has 0 bridgehead atoms. The third-order valence-corrected chi connectivity index (χ3v) is 6.66. The van der Waals surface area contributed by atoms with Crippen molar-refractivity contribution in [3.8, 4) is 0 Å². The van der Waals surface area contributed by atoms with E-state index in [4.69, 9.17) is 13.6 Å². The summed E-state index contributed by atoms with van der Waals surface area (Å²) < 4.78 is 16.4. The molecule has 0 aliphatic carbocycles. The Bertz CT molecular complexity index is 226. The van der Waals surface area contributed by atoms with Crippen LogP contribution < -0.4 is 0 Å². The van der Waals surface area contributed by atoms with Crippen molar-refractivity contribution in [2.24, 2.45) is 0 Å². The van der Waals surface area contributed by atoms with Crippen LogP contribution in [0.2, 0.25) is 6.04 Å². The highest BCUT2D eigenvalue weighted by molar-refractivity contribution is 6.68. The second-order valence-electron chi connectivity index (χ2n) is 3.51. The van der Waals surface area contributed by atoms with Crippen molar-refractivity contribution in [1.29, 1.82) is 0 Å². The maximum Gasteiger partial charge on any atom is 0.379 e. The molecule has 0 heterocycles. The largest absolute Gasteiger partial charge is 0.457 e. The molecule has 94 valence electrons. The average Bonchev–Trinajstić information content (AvgIpc) is 2.33. The van der Waals surface area contributed by atoms with E-state index in [2.05, 4.69) is 13.5 Å². The molecule has 4 nitrogen and oxygen atoms in total. The lowest BCUT2D eigenvalue weighted by molar-refractivity contribution is -0.141. The molecule has 1 atom stereocenters. The Morgan fingerprint density at radius 2 is 1.94 bits per heavy atom. The zero-order chi connectivity index (χ0) is 12.6. The smallest absolute Gasteiger partial charge is 0.379 e. The van der Waals surface area contributed by atoms with Gasteiger partial charge in [0, 0.05) is 20.3 Å². The van der Waals surface area contributed by atoms with E-state index in [1.165, 1.54) is 6.08 Å². The van der Waals surface area contributed by atoms with Crippen LogP contribution in [0, 0.1) is 0 Å². The van der Waals surface area contributed by atoms with Crippen molar-refractivity contribution in [1.82, 2.24) is 0 Å². The first kappa shape index (κ1) is 15.3. The second kappa shape index (κ2) is 7.59. The molecule has 0 aliphatic rings. The van der Waals surface area contributed by atoms with Gasteiger partial charge < -0.3 is 13.6 Å². The van der Waals surface area contributed by atoms with E-state index < -0.39 is 14.5 Å². The van der Waals surface area contributed by atoms with E-state index in [1.807, 2.05) is 6.92 Å². The van der Waals surface area contributed by atoms with Gasteiger partial charge in [-0.3, -0.25) is 0 Å². The Hall–Kier alpha value is -0.653. The van der Waals surface area contributed by atoms with Crippen LogP contribution in [0.1, 0.15) is 26.7 Å². The van der Waals surface area contributed by atoms with E-state index in [9.17, 15) is 4.79 Å². The van der Waals surface area contributed by atoms with Crippen LogP contribution in [0.25, 0.3) is 0 Å². The topological polar surface area (TPSA) is 44.8 Å². The maximum atomic E-state index is 11.2. The lowest BCUT2D eigenvalue weighted by Crippen LogP contribution is -2.53. The Labute approximate surface area is 98.8 Å². The molecule has 0 aliphatic heterocycles. The van der Waals surface area contributed by atoms with Crippen molar-refractivity contribution in [2.75, 3.05) is 14.2 Å². The fourth-order valence-electron chi connectivity index (χ4n) is 1.73. The minimum Gasteiger partial charge on any atom is -0.457 e. The number of rotatable bonds is 8.